The Bertz CT molecular complexity index is 602. The highest BCUT2D eigenvalue weighted by Gasteiger charge is 2.28. The van der Waals surface area contributed by atoms with Gasteiger partial charge in [-0.05, 0) is 24.5 Å². The number of para-hydroxylation sites is 1. The van der Waals surface area contributed by atoms with Crippen LogP contribution in [0.1, 0.15) is 29.8 Å². The fraction of sp³-hybridized carbons (Fsp3) is 0.438. The van der Waals surface area contributed by atoms with Gasteiger partial charge < -0.3 is 10.6 Å². The molecule has 0 spiro atoms. The fourth-order valence-electron chi connectivity index (χ4n) is 3.22. The number of fused-ring (bicyclic) bond motifs is 1. The van der Waals surface area contributed by atoms with Gasteiger partial charge in [-0.1, -0.05) is 25.1 Å². The van der Waals surface area contributed by atoms with Crippen molar-refractivity contribution >= 4 is 5.69 Å². The number of hydrogen-bond acceptors (Lipinski definition) is 3. The highest BCUT2D eigenvalue weighted by molar-refractivity contribution is 5.59. The molecule has 4 heteroatoms. The lowest BCUT2D eigenvalue weighted by Crippen LogP contribution is -2.32. The standard InChI is InChI=1S/C16H22N4/c1-3-14-13(11-19(2)18-14)16(10-17)20-9-8-12-6-4-5-7-15(12)20/h4-7,11,16H,3,8-10,17H2,1-2H3. The summed E-state index contributed by atoms with van der Waals surface area (Å²) in [5, 5.41) is 4.56. The number of anilines is 1. The second-order valence-electron chi connectivity index (χ2n) is 5.38. The molecule has 20 heavy (non-hydrogen) atoms. The van der Waals surface area contributed by atoms with Crippen LogP contribution >= 0.6 is 0 Å². The Labute approximate surface area is 120 Å². The minimum Gasteiger partial charge on any atom is -0.363 e. The summed E-state index contributed by atoms with van der Waals surface area (Å²) in [6, 6.07) is 8.86. The first kappa shape index (κ1) is 13.2. The molecule has 1 aromatic carbocycles. The summed E-state index contributed by atoms with van der Waals surface area (Å²) in [4.78, 5) is 2.44. The lowest BCUT2D eigenvalue weighted by atomic mass is 10.0. The number of hydrogen-bond donors (Lipinski definition) is 1. The monoisotopic (exact) mass is 270 g/mol. The molecule has 0 bridgehead atoms. The summed E-state index contributed by atoms with van der Waals surface area (Å²) in [7, 11) is 1.98. The van der Waals surface area contributed by atoms with E-state index in [0.717, 1.165) is 25.1 Å². The van der Waals surface area contributed by atoms with Gasteiger partial charge >= 0.3 is 0 Å². The van der Waals surface area contributed by atoms with Crippen LogP contribution in [0.2, 0.25) is 0 Å². The van der Waals surface area contributed by atoms with E-state index in [9.17, 15) is 0 Å². The Morgan fingerprint density at radius 1 is 1.35 bits per heavy atom. The summed E-state index contributed by atoms with van der Waals surface area (Å²) < 4.78 is 1.90. The molecule has 1 unspecified atom stereocenters. The molecule has 0 amide bonds. The van der Waals surface area contributed by atoms with Crippen molar-refractivity contribution in [1.82, 2.24) is 9.78 Å². The van der Waals surface area contributed by atoms with Gasteiger partial charge in [-0.2, -0.15) is 5.10 Å². The van der Waals surface area contributed by atoms with Crippen molar-refractivity contribution in [2.75, 3.05) is 18.0 Å². The van der Waals surface area contributed by atoms with Gasteiger partial charge in [0.1, 0.15) is 0 Å². The average molecular weight is 270 g/mol. The van der Waals surface area contributed by atoms with E-state index in [0.29, 0.717) is 6.54 Å². The minimum atomic E-state index is 0.224. The Kier molecular flexibility index (Phi) is 3.49. The van der Waals surface area contributed by atoms with Crippen LogP contribution in [0.25, 0.3) is 0 Å². The maximum absolute atomic E-state index is 6.10. The molecule has 1 atom stereocenters. The van der Waals surface area contributed by atoms with Crippen LogP contribution in [0.3, 0.4) is 0 Å². The van der Waals surface area contributed by atoms with E-state index in [1.807, 2.05) is 11.7 Å². The molecule has 2 N–H and O–H groups in total. The topological polar surface area (TPSA) is 47.1 Å². The SMILES string of the molecule is CCc1nn(C)cc1C(CN)N1CCc2ccccc21. The minimum absolute atomic E-state index is 0.224. The summed E-state index contributed by atoms with van der Waals surface area (Å²) in [5.41, 5.74) is 11.3. The molecular weight excluding hydrogens is 248 g/mol. The molecule has 1 aromatic heterocycles. The van der Waals surface area contributed by atoms with Crippen molar-refractivity contribution < 1.29 is 0 Å². The number of benzene rings is 1. The van der Waals surface area contributed by atoms with E-state index in [-0.39, 0.29) is 6.04 Å². The van der Waals surface area contributed by atoms with E-state index < -0.39 is 0 Å². The van der Waals surface area contributed by atoms with E-state index in [1.165, 1.54) is 16.8 Å². The van der Waals surface area contributed by atoms with Crippen molar-refractivity contribution in [3.05, 3.63) is 47.3 Å². The highest BCUT2D eigenvalue weighted by Crippen LogP contribution is 2.35. The first-order chi connectivity index (χ1) is 9.74. The molecule has 0 saturated heterocycles. The van der Waals surface area contributed by atoms with Gasteiger partial charge in [0.25, 0.3) is 0 Å². The third-order valence-electron chi connectivity index (χ3n) is 4.15. The molecule has 1 aliphatic rings. The fourth-order valence-corrected chi connectivity index (χ4v) is 3.22. The largest absolute Gasteiger partial charge is 0.363 e. The van der Waals surface area contributed by atoms with Gasteiger partial charge in [-0.3, -0.25) is 4.68 Å². The molecule has 1 aliphatic heterocycles. The zero-order valence-corrected chi connectivity index (χ0v) is 12.2. The number of aromatic nitrogens is 2. The van der Waals surface area contributed by atoms with Crippen LogP contribution in [0.5, 0.6) is 0 Å². The maximum Gasteiger partial charge on any atom is 0.0698 e. The summed E-state index contributed by atoms with van der Waals surface area (Å²) in [5.74, 6) is 0. The van der Waals surface area contributed by atoms with Crippen molar-refractivity contribution in [2.45, 2.75) is 25.8 Å². The maximum atomic E-state index is 6.10. The second kappa shape index (κ2) is 5.29. The average Bonchev–Trinajstić information content (AvgIpc) is 3.04. The third kappa shape index (κ3) is 2.10. The van der Waals surface area contributed by atoms with E-state index in [4.69, 9.17) is 5.73 Å². The van der Waals surface area contributed by atoms with Crippen molar-refractivity contribution in [3.8, 4) is 0 Å². The molecule has 2 heterocycles. The summed E-state index contributed by atoms with van der Waals surface area (Å²) in [6.45, 7) is 3.81. The lowest BCUT2D eigenvalue weighted by Gasteiger charge is -2.29. The predicted octanol–water partition coefficient (Wildman–Crippen LogP) is 2.04. The predicted molar refractivity (Wildman–Crippen MR) is 81.9 cm³/mol. The lowest BCUT2D eigenvalue weighted by molar-refractivity contribution is 0.643. The number of rotatable bonds is 4. The van der Waals surface area contributed by atoms with Crippen molar-refractivity contribution in [1.29, 1.82) is 0 Å². The summed E-state index contributed by atoms with van der Waals surface area (Å²) >= 11 is 0. The van der Waals surface area contributed by atoms with Crippen LogP contribution in [0, 0.1) is 0 Å². The Balaban J connectivity index is 1.99. The Morgan fingerprint density at radius 3 is 2.90 bits per heavy atom. The van der Waals surface area contributed by atoms with Crippen molar-refractivity contribution in [3.63, 3.8) is 0 Å². The quantitative estimate of drug-likeness (QED) is 0.925. The zero-order chi connectivity index (χ0) is 14.1. The molecule has 4 nitrogen and oxygen atoms in total. The molecule has 0 fully saturated rings. The van der Waals surface area contributed by atoms with Gasteiger partial charge in [0.2, 0.25) is 0 Å². The summed E-state index contributed by atoms with van der Waals surface area (Å²) in [6.07, 6.45) is 4.17. The zero-order valence-electron chi connectivity index (χ0n) is 12.2. The first-order valence-corrected chi connectivity index (χ1v) is 7.31. The molecule has 0 radical (unpaired) electrons. The number of nitrogens with two attached hydrogens (primary N) is 1. The van der Waals surface area contributed by atoms with Gasteiger partial charge in [0, 0.05) is 37.6 Å². The third-order valence-corrected chi connectivity index (χ3v) is 4.15. The molecule has 0 saturated carbocycles. The van der Waals surface area contributed by atoms with Gasteiger partial charge in [-0.25, -0.2) is 0 Å². The van der Waals surface area contributed by atoms with E-state index >= 15 is 0 Å². The second-order valence-corrected chi connectivity index (χ2v) is 5.38. The van der Waals surface area contributed by atoms with Gasteiger partial charge in [0.05, 0.1) is 11.7 Å². The van der Waals surface area contributed by atoms with Gasteiger partial charge in [-0.15, -0.1) is 0 Å². The molecule has 2 aromatic rings. The Morgan fingerprint density at radius 2 is 2.15 bits per heavy atom. The highest BCUT2D eigenvalue weighted by atomic mass is 15.3. The van der Waals surface area contributed by atoms with Crippen LogP contribution in [0.4, 0.5) is 5.69 Å². The van der Waals surface area contributed by atoms with E-state index in [1.54, 1.807) is 0 Å². The number of aryl methyl sites for hydroxylation is 2. The van der Waals surface area contributed by atoms with E-state index in [2.05, 4.69) is 47.4 Å². The van der Waals surface area contributed by atoms with Crippen molar-refractivity contribution in [2.24, 2.45) is 12.8 Å². The van der Waals surface area contributed by atoms with Crippen LogP contribution in [0.15, 0.2) is 30.5 Å². The van der Waals surface area contributed by atoms with Gasteiger partial charge in [0.15, 0.2) is 0 Å². The molecular formula is C16H22N4. The number of nitrogens with zero attached hydrogens (tertiary/aromatic N) is 3. The molecule has 106 valence electrons. The first-order valence-electron chi connectivity index (χ1n) is 7.31. The Hall–Kier alpha value is -1.81. The normalized spacial score (nSPS) is 15.4. The van der Waals surface area contributed by atoms with Crippen LogP contribution in [-0.4, -0.2) is 22.9 Å². The molecule has 0 aliphatic carbocycles. The van der Waals surface area contributed by atoms with Crippen LogP contribution < -0.4 is 10.6 Å². The molecule has 3 rings (SSSR count). The van der Waals surface area contributed by atoms with Crippen LogP contribution in [-0.2, 0) is 19.9 Å². The smallest absolute Gasteiger partial charge is 0.0698 e.